The standard InChI is InChI=1S/C23H21F3O3.2C16H22O3.C16H20O3.2C10H13NO/c24-23(25,26)17-5-7-20-16(8-9-29-22(20)12-17)11-19(28)10-15-3-1-2-14-4-6-18(27)13-21(14)15;3*1-16(2,3)19-15(18)9-12-6-4-5-11-7-8-13(17)10-14(11)12;2*11-10-3-1-2-7-4-5-8(12)6-9(7)10/h1-3,5,7,11-12,18,27H,4,6,8-10,13H2;2*4-6,13,17H,7-10H2,1-3H3;4-6H,7-10H2,1-3H3;2*1-3,8,12H,4-6,11H2/b16-11+;;;;;/t18-;13-;;;8-;/m11..1./s1. The van der Waals surface area contributed by atoms with Crippen molar-refractivity contribution < 1.29 is 81.6 Å². The number of rotatable bonds is 9. The monoisotopic (exact) mass is 1510 g/mol. The molecule has 14 rings (SSSR count). The number of carbonyl (C=O) groups is 5. The molecule has 2 unspecified atom stereocenters. The molecule has 0 fully saturated rings. The maximum absolute atomic E-state index is 12.9. The number of aliphatic hydroxyl groups excluding tert-OH is 5. The number of aliphatic hydroxyl groups is 5. The second kappa shape index (κ2) is 37.8. The topological polar surface area (TPSA) is 275 Å². The summed E-state index contributed by atoms with van der Waals surface area (Å²) in [4.78, 5) is 60.0. The second-order valence-corrected chi connectivity index (χ2v) is 32.8. The Labute approximate surface area is 645 Å². The molecular weight excluding hydrogens is 1400 g/mol. The Hall–Kier alpha value is -8.98. The van der Waals surface area contributed by atoms with Gasteiger partial charge in [-0.15, -0.1) is 0 Å². The van der Waals surface area contributed by atoms with Crippen LogP contribution >= 0.6 is 0 Å². The lowest BCUT2D eigenvalue weighted by atomic mass is 9.85. The van der Waals surface area contributed by atoms with Crippen molar-refractivity contribution in [1.82, 2.24) is 0 Å². The number of fused-ring (bicyclic) bond motifs is 7. The number of anilines is 2. The molecule has 16 nitrogen and oxygen atoms in total. The van der Waals surface area contributed by atoms with E-state index >= 15 is 0 Å². The van der Waals surface area contributed by atoms with Crippen LogP contribution in [0.4, 0.5) is 24.5 Å². The van der Waals surface area contributed by atoms with Gasteiger partial charge < -0.3 is 55.9 Å². The number of hydrogen-bond acceptors (Lipinski definition) is 16. The first-order valence-corrected chi connectivity index (χ1v) is 38.7. The summed E-state index contributed by atoms with van der Waals surface area (Å²) in [6.45, 7) is 17.0. The van der Waals surface area contributed by atoms with Gasteiger partial charge in [-0.1, -0.05) is 103 Å². The van der Waals surface area contributed by atoms with E-state index in [-0.39, 0.29) is 98.0 Å². The fourth-order valence-electron chi connectivity index (χ4n) is 15.2. The van der Waals surface area contributed by atoms with E-state index in [1.54, 1.807) is 0 Å². The van der Waals surface area contributed by atoms with Crippen LogP contribution in [0, 0.1) is 0 Å². The van der Waals surface area contributed by atoms with Crippen molar-refractivity contribution in [3.63, 3.8) is 0 Å². The lowest BCUT2D eigenvalue weighted by molar-refractivity contribution is -0.155. The molecule has 7 aromatic rings. The number of ketones is 2. The third kappa shape index (κ3) is 25.5. The van der Waals surface area contributed by atoms with Gasteiger partial charge in [0.1, 0.15) is 28.3 Å². The number of benzene rings is 7. The summed E-state index contributed by atoms with van der Waals surface area (Å²) in [5, 5.41) is 48.4. The summed E-state index contributed by atoms with van der Waals surface area (Å²) >= 11 is 0. The summed E-state index contributed by atoms with van der Waals surface area (Å²) in [5.74, 6) is -0.350. The van der Waals surface area contributed by atoms with Crippen LogP contribution in [0.2, 0.25) is 0 Å². The van der Waals surface area contributed by atoms with Crippen molar-refractivity contribution in [2.45, 2.75) is 263 Å². The quantitative estimate of drug-likeness (QED) is 0.0306. The molecule has 0 spiro atoms. The molecule has 1 heterocycles. The molecule has 0 saturated carbocycles. The molecule has 19 heteroatoms. The molecule has 5 atom stereocenters. The predicted octanol–water partition coefficient (Wildman–Crippen LogP) is 14.2. The van der Waals surface area contributed by atoms with E-state index in [0.29, 0.717) is 49.7 Å². The van der Waals surface area contributed by atoms with Crippen LogP contribution in [0.25, 0.3) is 5.57 Å². The van der Waals surface area contributed by atoms with E-state index in [1.165, 1.54) is 45.5 Å². The maximum Gasteiger partial charge on any atom is 0.416 e. The maximum atomic E-state index is 12.9. The number of allylic oxidation sites excluding steroid dienone is 1. The molecule has 590 valence electrons. The average molecular weight is 1510 g/mol. The fourth-order valence-corrected chi connectivity index (χ4v) is 15.2. The second-order valence-electron chi connectivity index (χ2n) is 32.8. The first kappa shape index (κ1) is 85.0. The molecule has 0 aromatic heterocycles. The summed E-state index contributed by atoms with van der Waals surface area (Å²) in [6.07, 6.45) is 11.0. The van der Waals surface area contributed by atoms with Gasteiger partial charge in [-0.25, -0.2) is 0 Å². The smallest absolute Gasteiger partial charge is 0.416 e. The number of Topliss-reactive ketones (excluding diaryl/α,β-unsaturated/α-hetero) is 1. The van der Waals surface area contributed by atoms with Gasteiger partial charge >= 0.3 is 24.1 Å². The number of hydrogen-bond donors (Lipinski definition) is 7. The van der Waals surface area contributed by atoms with Gasteiger partial charge in [0.15, 0.2) is 5.78 Å². The van der Waals surface area contributed by atoms with Gasteiger partial charge in [0.2, 0.25) is 0 Å². The van der Waals surface area contributed by atoms with Crippen molar-refractivity contribution in [2.24, 2.45) is 0 Å². The molecule has 0 bridgehead atoms. The third-order valence-electron chi connectivity index (χ3n) is 20.3. The fraction of sp³-hybridized carbons (Fsp3) is 0.462. The number of esters is 3. The van der Waals surface area contributed by atoms with E-state index in [1.807, 2.05) is 147 Å². The summed E-state index contributed by atoms with van der Waals surface area (Å²) < 4.78 is 60.2. The highest BCUT2D eigenvalue weighted by molar-refractivity contribution is 5.99. The minimum atomic E-state index is -4.44. The predicted molar refractivity (Wildman–Crippen MR) is 422 cm³/mol. The molecule has 9 N–H and O–H groups in total. The van der Waals surface area contributed by atoms with Crippen molar-refractivity contribution in [1.29, 1.82) is 0 Å². The normalized spacial score (nSPS) is 19.2. The van der Waals surface area contributed by atoms with Gasteiger partial charge in [0.25, 0.3) is 0 Å². The SMILES string of the molecule is CC(C)(C)OC(=O)Cc1cccc2c1CC(=O)CC2.CC(C)(C)OC(=O)Cc1cccc2c1CC(O)CC2.CC(C)(C)OC(=O)Cc1cccc2c1C[C@H](O)CC2.Nc1cccc2c1CC(O)CC2.Nc1cccc2c1C[C@H](O)CC2.O=C(/C=C1\CCOc2cc(C(F)(F)F)ccc21)Cc1cccc2c1C[C@H](O)CC2. The van der Waals surface area contributed by atoms with Gasteiger partial charge in [-0.05, 0) is 277 Å². The van der Waals surface area contributed by atoms with Gasteiger partial charge in [-0.3, -0.25) is 24.0 Å². The van der Waals surface area contributed by atoms with Gasteiger partial charge in [-0.2, -0.15) is 13.2 Å². The van der Waals surface area contributed by atoms with Crippen LogP contribution in [0.1, 0.15) is 207 Å². The van der Waals surface area contributed by atoms with Crippen molar-refractivity contribution >= 4 is 46.4 Å². The van der Waals surface area contributed by atoms with Gasteiger partial charge in [0.05, 0.1) is 62.0 Å². The van der Waals surface area contributed by atoms with Gasteiger partial charge in [0, 0.05) is 55.5 Å². The van der Waals surface area contributed by atoms with E-state index in [9.17, 15) is 62.7 Å². The average Bonchev–Trinajstić information content (AvgIpc) is 0.810. The van der Waals surface area contributed by atoms with E-state index in [0.717, 1.165) is 163 Å². The highest BCUT2D eigenvalue weighted by Crippen LogP contribution is 2.40. The minimum Gasteiger partial charge on any atom is -0.493 e. The highest BCUT2D eigenvalue weighted by atomic mass is 19.4. The van der Waals surface area contributed by atoms with E-state index < -0.39 is 28.5 Å². The van der Waals surface area contributed by atoms with Crippen molar-refractivity contribution in [2.75, 3.05) is 18.1 Å². The Morgan fingerprint density at radius 2 is 0.755 bits per heavy atom. The van der Waals surface area contributed by atoms with E-state index in [2.05, 4.69) is 24.3 Å². The largest absolute Gasteiger partial charge is 0.493 e. The van der Waals surface area contributed by atoms with Crippen molar-refractivity contribution in [3.05, 3.63) is 234 Å². The summed E-state index contributed by atoms with van der Waals surface area (Å²) in [5.41, 5.74) is 30.3. The van der Waals surface area contributed by atoms with Crippen LogP contribution < -0.4 is 16.2 Å². The highest BCUT2D eigenvalue weighted by Gasteiger charge is 2.33. The third-order valence-corrected chi connectivity index (χ3v) is 20.3. The Morgan fingerprint density at radius 1 is 0.427 bits per heavy atom. The molecule has 7 aliphatic rings. The molecular formula is C91H111F3N2O14. The Balaban J connectivity index is 0.000000156. The molecule has 0 saturated heterocycles. The molecule has 1 aliphatic heterocycles. The summed E-state index contributed by atoms with van der Waals surface area (Å²) in [6, 6.07) is 39.1. The van der Waals surface area contributed by atoms with Crippen LogP contribution in [-0.4, -0.2) is 109 Å². The number of carbonyl (C=O) groups excluding carboxylic acids is 5. The Kier molecular flexibility index (Phi) is 29.2. The van der Waals surface area contributed by atoms with Crippen molar-refractivity contribution in [3.8, 4) is 5.75 Å². The minimum absolute atomic E-state index is 0.110. The number of ether oxygens (including phenoxy) is 4. The number of aryl methyl sites for hydroxylation is 6. The van der Waals surface area contributed by atoms with Crippen LogP contribution in [0.15, 0.2) is 133 Å². The number of nitrogens with two attached hydrogens (primary N) is 2. The van der Waals surface area contributed by atoms with Crippen LogP contribution in [-0.2, 0) is 147 Å². The molecule has 0 amide bonds. The Bertz CT molecular complexity index is 4270. The number of alkyl halides is 3. The first-order valence-electron chi connectivity index (χ1n) is 38.7. The summed E-state index contributed by atoms with van der Waals surface area (Å²) in [7, 11) is 0. The zero-order valence-corrected chi connectivity index (χ0v) is 65.3. The van der Waals surface area contributed by atoms with E-state index in [4.69, 9.17) is 30.4 Å². The lowest BCUT2D eigenvalue weighted by Gasteiger charge is -2.24. The molecule has 110 heavy (non-hydrogen) atoms. The molecule has 7 aromatic carbocycles. The Morgan fingerprint density at radius 3 is 1.12 bits per heavy atom. The number of nitrogen functional groups attached to an aromatic ring is 2. The molecule has 0 radical (unpaired) electrons. The lowest BCUT2D eigenvalue weighted by Crippen LogP contribution is -2.26. The molecule has 6 aliphatic carbocycles. The van der Waals surface area contributed by atoms with Crippen LogP contribution in [0.5, 0.6) is 5.75 Å². The number of halogens is 3. The van der Waals surface area contributed by atoms with Crippen LogP contribution in [0.3, 0.4) is 0 Å². The zero-order chi connectivity index (χ0) is 79.8. The zero-order valence-electron chi connectivity index (χ0n) is 65.3. The first-order chi connectivity index (χ1) is 51.9.